The first-order valence-electron chi connectivity index (χ1n) is 7.41. The van der Waals surface area contributed by atoms with E-state index in [0.29, 0.717) is 26.2 Å². The molecule has 0 aliphatic heterocycles. The van der Waals surface area contributed by atoms with E-state index in [1.54, 1.807) is 26.0 Å². The molecule has 0 spiro atoms. The van der Waals surface area contributed by atoms with Gasteiger partial charge in [-0.3, -0.25) is 9.36 Å². The maximum atomic E-state index is 13.3. The molecule has 2 aromatic heterocycles. The number of carbonyl (C=O) groups is 1. The number of carbonyl (C=O) groups excluding carboxylic acids is 1. The molecular formula is C17H15FN2O3S. The van der Waals surface area contributed by atoms with E-state index in [0.717, 1.165) is 11.3 Å². The highest BCUT2D eigenvalue weighted by molar-refractivity contribution is 7.20. The van der Waals surface area contributed by atoms with Gasteiger partial charge in [-0.05, 0) is 37.1 Å². The van der Waals surface area contributed by atoms with Gasteiger partial charge in [0.1, 0.15) is 15.5 Å². The third kappa shape index (κ3) is 2.94. The van der Waals surface area contributed by atoms with E-state index in [1.165, 1.54) is 23.0 Å². The van der Waals surface area contributed by atoms with Gasteiger partial charge in [0.05, 0.1) is 24.9 Å². The second-order valence-corrected chi connectivity index (χ2v) is 6.26. The molecule has 24 heavy (non-hydrogen) atoms. The Morgan fingerprint density at radius 3 is 2.92 bits per heavy atom. The molecule has 5 nitrogen and oxygen atoms in total. The minimum Gasteiger partial charge on any atom is -0.462 e. The van der Waals surface area contributed by atoms with Gasteiger partial charge in [-0.2, -0.15) is 0 Å². The molecular weight excluding hydrogens is 331 g/mol. The fourth-order valence-electron chi connectivity index (χ4n) is 2.50. The number of aromatic nitrogens is 2. The lowest BCUT2D eigenvalue weighted by Gasteiger charge is -2.06. The number of hydrogen-bond donors (Lipinski definition) is 0. The predicted octanol–water partition coefficient (Wildman–Crippen LogP) is 3.13. The van der Waals surface area contributed by atoms with E-state index in [9.17, 15) is 14.0 Å². The standard InChI is InChI=1S/C17H15FN2O3S/c1-3-23-17(22)14-10(2)13-15(24-14)19-9-20(16(13)21)8-11-5-4-6-12(18)7-11/h4-7,9H,3,8H2,1-2H3. The Balaban J connectivity index is 2.06. The minimum atomic E-state index is -0.450. The zero-order chi connectivity index (χ0) is 17.3. The van der Waals surface area contributed by atoms with Gasteiger partial charge in [0.25, 0.3) is 5.56 Å². The van der Waals surface area contributed by atoms with Gasteiger partial charge >= 0.3 is 5.97 Å². The summed E-state index contributed by atoms with van der Waals surface area (Å²) < 4.78 is 19.7. The Hall–Kier alpha value is -2.54. The second-order valence-electron chi connectivity index (χ2n) is 5.26. The molecule has 0 bridgehead atoms. The van der Waals surface area contributed by atoms with Crippen LogP contribution in [0.2, 0.25) is 0 Å². The number of esters is 1. The number of nitrogens with zero attached hydrogens (tertiary/aromatic N) is 2. The molecule has 3 aromatic rings. The summed E-state index contributed by atoms with van der Waals surface area (Å²) in [6, 6.07) is 6.06. The number of fused-ring (bicyclic) bond motifs is 1. The SMILES string of the molecule is CCOC(=O)c1sc2ncn(Cc3cccc(F)c3)c(=O)c2c1C. The number of halogens is 1. The van der Waals surface area contributed by atoms with Gasteiger partial charge in [0.2, 0.25) is 0 Å². The van der Waals surface area contributed by atoms with Crippen molar-refractivity contribution < 1.29 is 13.9 Å². The van der Waals surface area contributed by atoms with E-state index in [4.69, 9.17) is 4.74 Å². The van der Waals surface area contributed by atoms with Crippen LogP contribution in [0.5, 0.6) is 0 Å². The molecule has 0 fully saturated rings. The lowest BCUT2D eigenvalue weighted by atomic mass is 10.2. The molecule has 0 atom stereocenters. The summed E-state index contributed by atoms with van der Waals surface area (Å²) in [5.41, 5.74) is 0.977. The van der Waals surface area contributed by atoms with Crippen molar-refractivity contribution in [2.45, 2.75) is 20.4 Å². The highest BCUT2D eigenvalue weighted by Crippen LogP contribution is 2.27. The van der Waals surface area contributed by atoms with E-state index in [2.05, 4.69) is 4.98 Å². The maximum absolute atomic E-state index is 13.3. The summed E-state index contributed by atoms with van der Waals surface area (Å²) in [6.07, 6.45) is 1.42. The molecule has 0 N–H and O–H groups in total. The molecule has 0 aliphatic rings. The van der Waals surface area contributed by atoms with Gasteiger partial charge in [0, 0.05) is 0 Å². The van der Waals surface area contributed by atoms with Crippen LogP contribution in [0.15, 0.2) is 35.4 Å². The molecule has 0 saturated heterocycles. The molecule has 0 radical (unpaired) electrons. The number of aryl methyl sites for hydroxylation is 1. The third-order valence-electron chi connectivity index (χ3n) is 3.62. The number of ether oxygens (including phenoxy) is 1. The highest BCUT2D eigenvalue weighted by Gasteiger charge is 2.20. The second kappa shape index (κ2) is 6.52. The molecule has 0 amide bonds. The Kier molecular flexibility index (Phi) is 4.44. The first-order valence-corrected chi connectivity index (χ1v) is 8.23. The summed E-state index contributed by atoms with van der Waals surface area (Å²) in [5, 5.41) is 0.405. The summed E-state index contributed by atoms with van der Waals surface area (Å²) in [5.74, 6) is -0.806. The first kappa shape index (κ1) is 16.3. The summed E-state index contributed by atoms with van der Waals surface area (Å²) in [7, 11) is 0. The van der Waals surface area contributed by atoms with Crippen molar-refractivity contribution in [3.05, 3.63) is 62.8 Å². The van der Waals surface area contributed by atoms with Crippen molar-refractivity contribution >= 4 is 27.5 Å². The van der Waals surface area contributed by atoms with Gasteiger partial charge in [0.15, 0.2) is 0 Å². The Bertz CT molecular complexity index is 978. The van der Waals surface area contributed by atoms with Crippen molar-refractivity contribution in [1.82, 2.24) is 9.55 Å². The van der Waals surface area contributed by atoms with Gasteiger partial charge in [-0.15, -0.1) is 11.3 Å². The van der Waals surface area contributed by atoms with Crippen LogP contribution in [0.25, 0.3) is 10.2 Å². The smallest absolute Gasteiger partial charge is 0.348 e. The van der Waals surface area contributed by atoms with Crippen molar-refractivity contribution in [3.8, 4) is 0 Å². The van der Waals surface area contributed by atoms with Crippen LogP contribution in [-0.4, -0.2) is 22.1 Å². The van der Waals surface area contributed by atoms with Gasteiger partial charge in [-0.25, -0.2) is 14.2 Å². The van der Waals surface area contributed by atoms with Gasteiger partial charge in [-0.1, -0.05) is 12.1 Å². The normalized spacial score (nSPS) is 11.0. The van der Waals surface area contributed by atoms with Crippen molar-refractivity contribution in [2.24, 2.45) is 0 Å². The van der Waals surface area contributed by atoms with Crippen LogP contribution < -0.4 is 5.56 Å². The average Bonchev–Trinajstić information content (AvgIpc) is 2.88. The Morgan fingerprint density at radius 1 is 1.42 bits per heavy atom. The summed E-state index contributed by atoms with van der Waals surface area (Å²) >= 11 is 1.14. The zero-order valence-corrected chi connectivity index (χ0v) is 14.0. The van der Waals surface area contributed by atoms with Crippen molar-refractivity contribution in [3.63, 3.8) is 0 Å². The molecule has 3 rings (SSSR count). The number of benzene rings is 1. The van der Waals surface area contributed by atoms with Crippen LogP contribution >= 0.6 is 11.3 Å². The van der Waals surface area contributed by atoms with Crippen LogP contribution in [0.4, 0.5) is 4.39 Å². The third-order valence-corrected chi connectivity index (χ3v) is 4.80. The number of rotatable bonds is 4. The summed E-state index contributed by atoms with van der Waals surface area (Å²) in [6.45, 7) is 3.92. The van der Waals surface area contributed by atoms with Crippen molar-refractivity contribution in [2.75, 3.05) is 6.61 Å². The van der Waals surface area contributed by atoms with Crippen LogP contribution in [0.3, 0.4) is 0 Å². The quantitative estimate of drug-likeness (QED) is 0.681. The fourth-order valence-corrected chi connectivity index (χ4v) is 3.53. The van der Waals surface area contributed by atoms with Crippen molar-refractivity contribution in [1.29, 1.82) is 0 Å². The molecule has 0 unspecified atom stereocenters. The molecule has 124 valence electrons. The number of hydrogen-bond acceptors (Lipinski definition) is 5. The van der Waals surface area contributed by atoms with E-state index in [-0.39, 0.29) is 24.5 Å². The first-order chi connectivity index (χ1) is 11.5. The maximum Gasteiger partial charge on any atom is 0.348 e. The van der Waals surface area contributed by atoms with Gasteiger partial charge < -0.3 is 4.74 Å². The zero-order valence-electron chi connectivity index (χ0n) is 13.2. The largest absolute Gasteiger partial charge is 0.462 e. The molecule has 1 aromatic carbocycles. The van der Waals surface area contributed by atoms with Crippen LogP contribution in [0.1, 0.15) is 27.7 Å². The Labute approximate surface area is 141 Å². The van der Waals surface area contributed by atoms with Crippen LogP contribution in [0, 0.1) is 12.7 Å². The fraction of sp³-hybridized carbons (Fsp3) is 0.235. The predicted molar refractivity (Wildman–Crippen MR) is 90.1 cm³/mol. The topological polar surface area (TPSA) is 61.2 Å². The van der Waals surface area contributed by atoms with E-state index >= 15 is 0 Å². The average molecular weight is 346 g/mol. The molecule has 0 saturated carbocycles. The highest BCUT2D eigenvalue weighted by atomic mass is 32.1. The van der Waals surface area contributed by atoms with E-state index < -0.39 is 5.97 Å². The molecule has 0 aliphatic carbocycles. The van der Waals surface area contributed by atoms with E-state index in [1.807, 2.05) is 0 Å². The lowest BCUT2D eigenvalue weighted by molar-refractivity contribution is 0.0531. The lowest BCUT2D eigenvalue weighted by Crippen LogP contribution is -2.21. The monoisotopic (exact) mass is 346 g/mol. The molecule has 7 heteroatoms. The summed E-state index contributed by atoms with van der Waals surface area (Å²) in [4.78, 5) is 29.8. The Morgan fingerprint density at radius 2 is 2.21 bits per heavy atom. The van der Waals surface area contributed by atoms with Crippen LogP contribution in [-0.2, 0) is 11.3 Å². The molecule has 2 heterocycles. The minimum absolute atomic E-state index is 0.212. The number of thiophene rings is 1.